The summed E-state index contributed by atoms with van der Waals surface area (Å²) >= 11 is 0. The normalized spacial score (nSPS) is 19.6. The fourth-order valence-electron chi connectivity index (χ4n) is 6.07. The van der Waals surface area contributed by atoms with Gasteiger partial charge in [0, 0.05) is 42.4 Å². The van der Waals surface area contributed by atoms with Crippen molar-refractivity contribution in [3.63, 3.8) is 0 Å². The van der Waals surface area contributed by atoms with Crippen LogP contribution in [0.3, 0.4) is 0 Å². The van der Waals surface area contributed by atoms with Crippen LogP contribution in [0.2, 0.25) is 0 Å². The van der Waals surface area contributed by atoms with Crippen LogP contribution in [0.15, 0.2) is 54.7 Å². The quantitative estimate of drug-likeness (QED) is 0.404. The van der Waals surface area contributed by atoms with Crippen LogP contribution in [0.5, 0.6) is 5.75 Å². The first-order chi connectivity index (χ1) is 20.8. The monoisotopic (exact) mass is 583 g/mol. The Kier molecular flexibility index (Phi) is 7.78. The maximum Gasteiger partial charge on any atom is 0.255 e. The average molecular weight is 584 g/mol. The van der Waals surface area contributed by atoms with Crippen LogP contribution in [0.1, 0.15) is 64.4 Å². The first-order valence-electron chi connectivity index (χ1n) is 14.3. The fourth-order valence-corrected chi connectivity index (χ4v) is 6.07. The molecule has 2 saturated heterocycles. The van der Waals surface area contributed by atoms with Gasteiger partial charge in [0.05, 0.1) is 18.2 Å². The van der Waals surface area contributed by atoms with E-state index in [1.165, 1.54) is 11.0 Å². The summed E-state index contributed by atoms with van der Waals surface area (Å²) in [6, 6.07) is 14.6. The smallest absolute Gasteiger partial charge is 0.255 e. The molecule has 2 fully saturated rings. The minimum absolute atomic E-state index is 0.0344. The summed E-state index contributed by atoms with van der Waals surface area (Å²) < 4.78 is 21.1. The number of nitrogens with zero attached hydrogens (tertiary/aromatic N) is 4. The van der Waals surface area contributed by atoms with E-state index in [2.05, 4.69) is 21.3 Å². The lowest BCUT2D eigenvalue weighted by Crippen LogP contribution is -2.52. The number of carbonyl (C=O) groups is 3. The van der Waals surface area contributed by atoms with Crippen LogP contribution < -0.4 is 15.0 Å². The molecule has 0 spiro atoms. The average Bonchev–Trinajstić information content (AvgIpc) is 3.36. The van der Waals surface area contributed by atoms with Crippen LogP contribution in [0.4, 0.5) is 10.2 Å². The number of hydrogen-bond acceptors (Lipinski definition) is 8. The number of nitrogens with one attached hydrogen (secondary N) is 1. The topological polar surface area (TPSA) is 136 Å². The van der Waals surface area contributed by atoms with Gasteiger partial charge in [-0.3, -0.25) is 19.7 Å². The Morgan fingerprint density at radius 1 is 1.12 bits per heavy atom. The minimum Gasteiger partial charge on any atom is -0.488 e. The van der Waals surface area contributed by atoms with Crippen LogP contribution in [0, 0.1) is 23.1 Å². The summed E-state index contributed by atoms with van der Waals surface area (Å²) in [6.45, 7) is 1.46. The number of benzene rings is 2. The first-order valence-corrected chi connectivity index (χ1v) is 14.3. The molecule has 2 N–H and O–H groups in total. The van der Waals surface area contributed by atoms with E-state index in [4.69, 9.17) is 10.00 Å². The number of aromatic nitrogens is 1. The van der Waals surface area contributed by atoms with Crippen LogP contribution in [-0.4, -0.2) is 51.8 Å². The van der Waals surface area contributed by atoms with Gasteiger partial charge in [-0.05, 0) is 61.1 Å². The molecule has 0 bridgehead atoms. The molecule has 0 radical (unpaired) electrons. The molecular formula is C32H30FN5O5. The van der Waals surface area contributed by atoms with E-state index in [1.807, 2.05) is 6.07 Å². The number of nitriles is 1. The van der Waals surface area contributed by atoms with E-state index in [0.717, 1.165) is 5.82 Å². The van der Waals surface area contributed by atoms with E-state index in [9.17, 15) is 19.5 Å². The number of anilines is 1. The predicted molar refractivity (Wildman–Crippen MR) is 152 cm³/mol. The minimum atomic E-state index is -0.817. The number of carbonyl (C=O) groups excluding carboxylic acids is 3. The number of hydrogen-bond donors (Lipinski definition) is 2. The van der Waals surface area contributed by atoms with Crippen molar-refractivity contribution in [1.82, 2.24) is 15.2 Å². The fraction of sp³-hybridized carbons (Fsp3) is 0.344. The molecule has 2 atom stereocenters. The number of pyridine rings is 1. The molecule has 220 valence electrons. The van der Waals surface area contributed by atoms with Crippen molar-refractivity contribution in [1.29, 1.82) is 5.26 Å². The number of piperidine rings is 2. The summed E-state index contributed by atoms with van der Waals surface area (Å²) in [5.74, 6) is -0.459. The molecule has 0 aliphatic carbocycles. The Hall–Kier alpha value is -4.82. The number of halogens is 1. The number of imide groups is 1. The third-order valence-corrected chi connectivity index (χ3v) is 8.53. The van der Waals surface area contributed by atoms with Crippen molar-refractivity contribution >= 4 is 23.5 Å². The molecule has 3 amide bonds. The van der Waals surface area contributed by atoms with Gasteiger partial charge in [0.2, 0.25) is 11.8 Å². The summed E-state index contributed by atoms with van der Waals surface area (Å²) in [7, 11) is 0. The van der Waals surface area contributed by atoms with Gasteiger partial charge in [0.1, 0.15) is 36.1 Å². The molecule has 10 nitrogen and oxygen atoms in total. The molecule has 2 aromatic carbocycles. The Morgan fingerprint density at radius 2 is 1.93 bits per heavy atom. The zero-order valence-corrected chi connectivity index (χ0v) is 23.3. The first kappa shape index (κ1) is 28.3. The number of fused-ring (bicyclic) bond motifs is 1. The van der Waals surface area contributed by atoms with Crippen molar-refractivity contribution in [2.24, 2.45) is 5.92 Å². The van der Waals surface area contributed by atoms with E-state index in [0.29, 0.717) is 59.5 Å². The highest BCUT2D eigenvalue weighted by Crippen LogP contribution is 2.35. The second-order valence-corrected chi connectivity index (χ2v) is 11.1. The highest BCUT2D eigenvalue weighted by Gasteiger charge is 2.40. The van der Waals surface area contributed by atoms with Gasteiger partial charge < -0.3 is 19.6 Å². The van der Waals surface area contributed by atoms with Gasteiger partial charge in [-0.25, -0.2) is 9.37 Å². The lowest BCUT2D eigenvalue weighted by atomic mass is 9.87. The zero-order chi connectivity index (χ0) is 30.1. The summed E-state index contributed by atoms with van der Waals surface area (Å²) in [4.78, 5) is 44.9. The SMILES string of the molecule is N#Cc1ccc(N2CCC([C@@H](O)c3ccc(COc4cccc5c4CN([C@H]4CCC(=O)NC4=O)C5=O)c(F)c3)CC2)nc1. The van der Waals surface area contributed by atoms with E-state index in [-0.39, 0.29) is 43.7 Å². The number of amides is 3. The van der Waals surface area contributed by atoms with Crippen molar-refractivity contribution < 1.29 is 28.6 Å². The van der Waals surface area contributed by atoms with Crippen molar-refractivity contribution in [2.75, 3.05) is 18.0 Å². The van der Waals surface area contributed by atoms with Gasteiger partial charge in [0.25, 0.3) is 5.91 Å². The van der Waals surface area contributed by atoms with Crippen molar-refractivity contribution in [3.8, 4) is 11.8 Å². The third-order valence-electron chi connectivity index (χ3n) is 8.53. The van der Waals surface area contributed by atoms with Gasteiger partial charge in [-0.2, -0.15) is 5.26 Å². The number of ether oxygens (including phenoxy) is 1. The van der Waals surface area contributed by atoms with Gasteiger partial charge in [0.15, 0.2) is 0 Å². The summed E-state index contributed by atoms with van der Waals surface area (Å²) in [5, 5.41) is 22.3. The molecular weight excluding hydrogens is 553 g/mol. The van der Waals surface area contributed by atoms with Gasteiger partial charge in [-0.15, -0.1) is 0 Å². The van der Waals surface area contributed by atoms with E-state index < -0.39 is 23.9 Å². The maximum atomic E-state index is 15.2. The maximum absolute atomic E-state index is 15.2. The van der Waals surface area contributed by atoms with Crippen molar-refractivity contribution in [2.45, 2.75) is 51.0 Å². The Morgan fingerprint density at radius 3 is 2.63 bits per heavy atom. The lowest BCUT2D eigenvalue weighted by molar-refractivity contribution is -0.136. The second kappa shape index (κ2) is 11.8. The van der Waals surface area contributed by atoms with E-state index >= 15 is 4.39 Å². The molecule has 6 rings (SSSR count). The van der Waals surface area contributed by atoms with Crippen LogP contribution in [0.25, 0.3) is 0 Å². The van der Waals surface area contributed by atoms with Gasteiger partial charge in [-0.1, -0.05) is 18.2 Å². The Labute approximate surface area is 247 Å². The molecule has 0 unspecified atom stereocenters. The molecule has 3 aliphatic rings. The highest BCUT2D eigenvalue weighted by atomic mass is 19.1. The molecule has 11 heteroatoms. The largest absolute Gasteiger partial charge is 0.488 e. The third kappa shape index (κ3) is 5.66. The Bertz CT molecular complexity index is 1610. The standard InChI is InChI=1S/C32H30FN5O5/c33-25-14-21(30(40)20-10-12-37(13-11-20)28-8-4-19(15-34)16-35-28)5-6-22(25)18-43-27-3-1-2-23-24(27)17-38(32(23)42)26-7-9-29(39)36-31(26)41/h1-6,8,14,16,20,26,30,40H,7,9-13,17-18H2,(H,36,39,41)/t26-,30+/m0/s1. The molecule has 0 saturated carbocycles. The highest BCUT2D eigenvalue weighted by molar-refractivity contribution is 6.05. The number of rotatable bonds is 7. The molecule has 4 heterocycles. The van der Waals surface area contributed by atoms with Crippen LogP contribution in [-0.2, 0) is 22.7 Å². The summed E-state index contributed by atoms with van der Waals surface area (Å²) in [6.07, 6.45) is 2.58. The molecule has 43 heavy (non-hydrogen) atoms. The van der Waals surface area contributed by atoms with E-state index in [1.54, 1.807) is 42.6 Å². The van der Waals surface area contributed by atoms with Crippen molar-refractivity contribution in [3.05, 3.63) is 88.4 Å². The number of aliphatic hydroxyl groups excluding tert-OH is 1. The molecule has 1 aromatic heterocycles. The molecule has 3 aliphatic heterocycles. The number of aliphatic hydroxyl groups is 1. The van der Waals surface area contributed by atoms with Gasteiger partial charge >= 0.3 is 0 Å². The second-order valence-electron chi connectivity index (χ2n) is 11.1. The lowest BCUT2D eigenvalue weighted by Gasteiger charge is -2.35. The predicted octanol–water partition coefficient (Wildman–Crippen LogP) is 3.38. The zero-order valence-electron chi connectivity index (χ0n) is 23.3. The Balaban J connectivity index is 1.07. The van der Waals surface area contributed by atoms with Crippen LogP contribution >= 0.6 is 0 Å². The summed E-state index contributed by atoms with van der Waals surface area (Å²) in [5.41, 5.74) is 2.35. The molecule has 3 aromatic rings.